The molecule has 0 saturated carbocycles. The first-order valence-electron chi connectivity index (χ1n) is 7.14. The van der Waals surface area contributed by atoms with Crippen LogP contribution in [0.3, 0.4) is 0 Å². The van der Waals surface area contributed by atoms with E-state index >= 15 is 0 Å². The number of aldehydes is 1. The highest BCUT2D eigenvalue weighted by Crippen LogP contribution is 2.27. The molecule has 0 aromatic heterocycles. The van der Waals surface area contributed by atoms with Gasteiger partial charge in [0.2, 0.25) is 0 Å². The van der Waals surface area contributed by atoms with Crippen molar-refractivity contribution >= 4 is 17.9 Å². The third kappa shape index (κ3) is 3.73. The summed E-state index contributed by atoms with van der Waals surface area (Å²) in [6.07, 6.45) is 0.707. The van der Waals surface area contributed by atoms with Crippen molar-refractivity contribution in [1.82, 2.24) is 0 Å². The first-order chi connectivity index (χ1) is 10.5. The third-order valence-electron chi connectivity index (χ3n) is 3.14. The topological polar surface area (TPSA) is 55.4 Å². The Balaban J connectivity index is 2.32. The molecule has 0 heterocycles. The minimum atomic E-state index is -0.227. The van der Waals surface area contributed by atoms with Gasteiger partial charge in [0.25, 0.3) is 5.91 Å². The zero-order chi connectivity index (χ0) is 16.1. The summed E-state index contributed by atoms with van der Waals surface area (Å²) in [5, 5.41) is 2.82. The minimum absolute atomic E-state index is 0.0313. The van der Waals surface area contributed by atoms with Crippen LogP contribution in [0, 0.1) is 6.92 Å². The number of ether oxygens (including phenoxy) is 1. The molecule has 0 aliphatic heterocycles. The Bertz CT molecular complexity index is 692. The molecule has 0 fully saturated rings. The fourth-order valence-corrected chi connectivity index (χ4v) is 2.09. The maximum Gasteiger partial charge on any atom is 0.256 e. The number of carbonyl (C=O) groups is 2. The molecule has 0 spiro atoms. The second-order valence-electron chi connectivity index (χ2n) is 5.31. The van der Waals surface area contributed by atoms with E-state index in [1.54, 1.807) is 24.3 Å². The Morgan fingerprint density at radius 2 is 1.91 bits per heavy atom. The van der Waals surface area contributed by atoms with E-state index in [1.165, 1.54) is 0 Å². The van der Waals surface area contributed by atoms with Gasteiger partial charge in [0.05, 0.1) is 11.8 Å². The first-order valence-corrected chi connectivity index (χ1v) is 7.14. The summed E-state index contributed by atoms with van der Waals surface area (Å²) in [6, 6.07) is 12.3. The molecule has 2 rings (SSSR count). The Kier molecular flexibility index (Phi) is 4.94. The van der Waals surface area contributed by atoms with Crippen molar-refractivity contribution in [3.63, 3.8) is 0 Å². The number of benzene rings is 2. The van der Waals surface area contributed by atoms with E-state index in [4.69, 9.17) is 4.74 Å². The van der Waals surface area contributed by atoms with Crippen LogP contribution < -0.4 is 10.1 Å². The SMILES string of the molecule is Cc1ccccc1C(=O)Nc1cc(C=O)ccc1OC(C)C. The molecule has 0 saturated heterocycles. The van der Waals surface area contributed by atoms with Crippen molar-refractivity contribution < 1.29 is 14.3 Å². The Morgan fingerprint density at radius 1 is 1.18 bits per heavy atom. The summed E-state index contributed by atoms with van der Waals surface area (Å²) in [6.45, 7) is 5.68. The van der Waals surface area contributed by atoms with E-state index in [0.717, 1.165) is 11.8 Å². The average Bonchev–Trinajstić information content (AvgIpc) is 2.48. The summed E-state index contributed by atoms with van der Waals surface area (Å²) in [5.74, 6) is 0.317. The predicted molar refractivity (Wildman–Crippen MR) is 86.7 cm³/mol. The van der Waals surface area contributed by atoms with Crippen molar-refractivity contribution in [2.75, 3.05) is 5.32 Å². The highest BCUT2D eigenvalue weighted by molar-refractivity contribution is 6.06. The van der Waals surface area contributed by atoms with Gasteiger partial charge < -0.3 is 10.1 Å². The summed E-state index contributed by atoms with van der Waals surface area (Å²) in [7, 11) is 0. The van der Waals surface area contributed by atoms with Gasteiger partial charge in [-0.05, 0) is 50.6 Å². The largest absolute Gasteiger partial charge is 0.489 e. The summed E-state index contributed by atoms with van der Waals surface area (Å²) in [5.41, 5.74) is 2.45. The lowest BCUT2D eigenvalue weighted by Gasteiger charge is -2.16. The molecule has 0 radical (unpaired) electrons. The van der Waals surface area contributed by atoms with Crippen LogP contribution in [-0.2, 0) is 0 Å². The maximum absolute atomic E-state index is 12.4. The van der Waals surface area contributed by atoms with Crippen molar-refractivity contribution in [2.24, 2.45) is 0 Å². The molecule has 0 aliphatic carbocycles. The van der Waals surface area contributed by atoms with Gasteiger partial charge in [-0.15, -0.1) is 0 Å². The Hall–Kier alpha value is -2.62. The second-order valence-corrected chi connectivity index (χ2v) is 5.31. The van der Waals surface area contributed by atoms with E-state index < -0.39 is 0 Å². The van der Waals surface area contributed by atoms with E-state index in [2.05, 4.69) is 5.32 Å². The molecular weight excluding hydrogens is 278 g/mol. The Labute approximate surface area is 130 Å². The molecule has 0 unspecified atom stereocenters. The predicted octanol–water partition coefficient (Wildman–Crippen LogP) is 3.85. The zero-order valence-electron chi connectivity index (χ0n) is 12.9. The van der Waals surface area contributed by atoms with Crippen LogP contribution in [0.4, 0.5) is 5.69 Å². The van der Waals surface area contributed by atoms with Gasteiger partial charge in [0.15, 0.2) is 0 Å². The van der Waals surface area contributed by atoms with Gasteiger partial charge in [-0.25, -0.2) is 0 Å². The quantitative estimate of drug-likeness (QED) is 0.853. The van der Waals surface area contributed by atoms with Crippen molar-refractivity contribution in [3.8, 4) is 5.75 Å². The summed E-state index contributed by atoms with van der Waals surface area (Å²) in [4.78, 5) is 23.4. The van der Waals surface area contributed by atoms with Gasteiger partial charge in [0.1, 0.15) is 12.0 Å². The van der Waals surface area contributed by atoms with Gasteiger partial charge in [0, 0.05) is 11.1 Å². The third-order valence-corrected chi connectivity index (χ3v) is 3.14. The average molecular weight is 297 g/mol. The second kappa shape index (κ2) is 6.89. The van der Waals surface area contributed by atoms with E-state index in [9.17, 15) is 9.59 Å². The molecule has 0 bridgehead atoms. The zero-order valence-corrected chi connectivity index (χ0v) is 12.9. The van der Waals surface area contributed by atoms with Crippen LogP contribution in [0.2, 0.25) is 0 Å². The molecule has 1 N–H and O–H groups in total. The number of amides is 1. The number of aryl methyl sites for hydroxylation is 1. The van der Waals surface area contributed by atoms with Gasteiger partial charge in [-0.3, -0.25) is 9.59 Å². The number of hydrogen-bond acceptors (Lipinski definition) is 3. The van der Waals surface area contributed by atoms with Crippen molar-refractivity contribution in [1.29, 1.82) is 0 Å². The first kappa shape index (κ1) is 15.8. The molecular formula is C18H19NO3. The molecule has 1 amide bonds. The summed E-state index contributed by atoms with van der Waals surface area (Å²) < 4.78 is 5.68. The van der Waals surface area contributed by atoms with E-state index in [0.29, 0.717) is 22.6 Å². The fraction of sp³-hybridized carbons (Fsp3) is 0.222. The normalized spacial score (nSPS) is 10.4. The fourth-order valence-electron chi connectivity index (χ4n) is 2.09. The number of nitrogens with one attached hydrogen (secondary N) is 1. The van der Waals surface area contributed by atoms with Crippen LogP contribution >= 0.6 is 0 Å². The van der Waals surface area contributed by atoms with Gasteiger partial charge >= 0.3 is 0 Å². The van der Waals surface area contributed by atoms with E-state index in [-0.39, 0.29) is 12.0 Å². The van der Waals surface area contributed by atoms with Crippen LogP contribution in [0.5, 0.6) is 5.75 Å². The van der Waals surface area contributed by atoms with Crippen LogP contribution in [0.25, 0.3) is 0 Å². The minimum Gasteiger partial charge on any atom is -0.489 e. The van der Waals surface area contributed by atoms with Gasteiger partial charge in [-0.1, -0.05) is 18.2 Å². The van der Waals surface area contributed by atoms with Crippen molar-refractivity contribution in [3.05, 3.63) is 59.2 Å². The smallest absolute Gasteiger partial charge is 0.256 e. The monoisotopic (exact) mass is 297 g/mol. The highest BCUT2D eigenvalue weighted by Gasteiger charge is 2.13. The number of anilines is 1. The van der Waals surface area contributed by atoms with E-state index in [1.807, 2.05) is 39.0 Å². The van der Waals surface area contributed by atoms with Crippen LogP contribution in [0.1, 0.15) is 40.1 Å². The molecule has 2 aromatic rings. The molecule has 0 aliphatic rings. The molecule has 4 nitrogen and oxygen atoms in total. The molecule has 4 heteroatoms. The lowest BCUT2D eigenvalue weighted by molar-refractivity contribution is 0.102. The molecule has 2 aromatic carbocycles. The molecule has 114 valence electrons. The standard InChI is InChI=1S/C18H19NO3/c1-12(2)22-17-9-8-14(11-20)10-16(17)19-18(21)15-7-5-4-6-13(15)3/h4-12H,1-3H3,(H,19,21). The lowest BCUT2D eigenvalue weighted by atomic mass is 10.1. The molecule has 22 heavy (non-hydrogen) atoms. The van der Waals surface area contributed by atoms with Crippen molar-refractivity contribution in [2.45, 2.75) is 26.9 Å². The van der Waals surface area contributed by atoms with Gasteiger partial charge in [-0.2, -0.15) is 0 Å². The van der Waals surface area contributed by atoms with Crippen LogP contribution in [0.15, 0.2) is 42.5 Å². The lowest BCUT2D eigenvalue weighted by Crippen LogP contribution is -2.15. The molecule has 0 atom stereocenters. The Morgan fingerprint density at radius 3 is 2.55 bits per heavy atom. The maximum atomic E-state index is 12.4. The number of hydrogen-bond donors (Lipinski definition) is 1. The highest BCUT2D eigenvalue weighted by atomic mass is 16.5. The van der Waals surface area contributed by atoms with Crippen LogP contribution in [-0.4, -0.2) is 18.3 Å². The number of rotatable bonds is 5. The number of carbonyl (C=O) groups excluding carboxylic acids is 2. The summed E-state index contributed by atoms with van der Waals surface area (Å²) >= 11 is 0.